The Bertz CT molecular complexity index is 553. The van der Waals surface area contributed by atoms with Gasteiger partial charge in [0.25, 0.3) is 0 Å². The van der Waals surface area contributed by atoms with E-state index in [4.69, 9.17) is 6.42 Å². The molecule has 1 aliphatic heterocycles. The van der Waals surface area contributed by atoms with E-state index in [1.54, 1.807) is 4.90 Å². The van der Waals surface area contributed by atoms with Gasteiger partial charge in [0.15, 0.2) is 0 Å². The van der Waals surface area contributed by atoms with Gasteiger partial charge in [-0.3, -0.25) is 4.79 Å². The fourth-order valence-electron chi connectivity index (χ4n) is 1.87. The van der Waals surface area contributed by atoms with Crippen molar-refractivity contribution < 1.29 is 18.0 Å². The minimum atomic E-state index is -4.42. The van der Waals surface area contributed by atoms with Crippen LogP contribution in [0.2, 0.25) is 0 Å². The molecule has 1 aromatic heterocycles. The number of hydrogen-bond donors (Lipinski definition) is 1. The summed E-state index contributed by atoms with van der Waals surface area (Å²) in [4.78, 5) is 17.4. The average molecular weight is 315 g/mol. The summed E-state index contributed by atoms with van der Waals surface area (Å²) in [5.41, 5.74) is -0.813. The lowest BCUT2D eigenvalue weighted by Crippen LogP contribution is -2.45. The van der Waals surface area contributed by atoms with Gasteiger partial charge >= 0.3 is 6.18 Å². The van der Waals surface area contributed by atoms with E-state index in [0.717, 1.165) is 12.3 Å². The third kappa shape index (κ3) is 3.61. The number of nitrogens with one attached hydrogen (secondary N) is 1. The molecule has 0 aromatic carbocycles. The first-order chi connectivity index (χ1) is 9.93. The normalized spacial score (nSPS) is 18.4. The minimum Gasteiger partial charge on any atom is -0.343 e. The van der Waals surface area contributed by atoms with Gasteiger partial charge in [-0.25, -0.2) is 4.98 Å². The van der Waals surface area contributed by atoms with Crippen LogP contribution < -0.4 is 10.2 Å². The van der Waals surface area contributed by atoms with Crippen molar-refractivity contribution in [2.45, 2.75) is 12.2 Å². The van der Waals surface area contributed by atoms with Gasteiger partial charge in [-0.15, -0.1) is 18.2 Å². The molecule has 0 aliphatic carbocycles. The molecule has 1 saturated heterocycles. The first kappa shape index (κ1) is 15.5. The van der Waals surface area contributed by atoms with Crippen LogP contribution in [0.15, 0.2) is 18.3 Å². The largest absolute Gasteiger partial charge is 0.417 e. The molecule has 21 heavy (non-hydrogen) atoms. The Morgan fingerprint density at radius 1 is 1.57 bits per heavy atom. The molecule has 1 N–H and O–H groups in total. The Balaban J connectivity index is 2.13. The topological polar surface area (TPSA) is 45.2 Å². The molecule has 1 amide bonds. The van der Waals surface area contributed by atoms with Crippen LogP contribution in [0.5, 0.6) is 0 Å². The number of halogens is 3. The molecule has 0 unspecified atom stereocenters. The number of aromatic nitrogens is 1. The zero-order chi connectivity index (χ0) is 15.5. The zero-order valence-corrected chi connectivity index (χ0v) is 11.7. The number of anilines is 1. The summed E-state index contributed by atoms with van der Waals surface area (Å²) in [6, 6.07) is 1.75. The van der Waals surface area contributed by atoms with Gasteiger partial charge in [-0.2, -0.15) is 13.2 Å². The van der Waals surface area contributed by atoms with Gasteiger partial charge in [0.2, 0.25) is 5.91 Å². The molecule has 0 saturated carbocycles. The Kier molecular flexibility index (Phi) is 4.63. The maximum Gasteiger partial charge on any atom is 0.417 e. The van der Waals surface area contributed by atoms with Crippen LogP contribution in [0.4, 0.5) is 19.0 Å². The van der Waals surface area contributed by atoms with Gasteiger partial charge in [0, 0.05) is 11.9 Å². The maximum atomic E-state index is 12.5. The first-order valence-corrected chi connectivity index (χ1v) is 7.18. The van der Waals surface area contributed by atoms with Crippen LogP contribution in [0.1, 0.15) is 5.56 Å². The van der Waals surface area contributed by atoms with E-state index in [2.05, 4.69) is 16.2 Å². The smallest absolute Gasteiger partial charge is 0.343 e. The zero-order valence-electron chi connectivity index (χ0n) is 10.9. The molecule has 1 fully saturated rings. The molecule has 8 heteroatoms. The second-order valence-corrected chi connectivity index (χ2v) is 5.31. The highest BCUT2D eigenvalue weighted by atomic mass is 32.2. The SMILES string of the molecule is C#CCNC(=O)[C@@H]1CSCN1c1ccc(C(F)(F)F)cn1. The number of carbonyl (C=O) groups is 1. The van der Waals surface area contributed by atoms with E-state index >= 15 is 0 Å². The van der Waals surface area contributed by atoms with Crippen molar-refractivity contribution in [1.29, 1.82) is 0 Å². The third-order valence-corrected chi connectivity index (χ3v) is 3.93. The van der Waals surface area contributed by atoms with Gasteiger partial charge in [0.05, 0.1) is 18.0 Å². The lowest BCUT2D eigenvalue weighted by molar-refractivity contribution is -0.137. The van der Waals surface area contributed by atoms with Crippen molar-refractivity contribution in [1.82, 2.24) is 10.3 Å². The number of hydrogen-bond acceptors (Lipinski definition) is 4. The van der Waals surface area contributed by atoms with Crippen LogP contribution in [0.3, 0.4) is 0 Å². The quantitative estimate of drug-likeness (QED) is 0.863. The number of alkyl halides is 3. The Hall–Kier alpha value is -1.88. The highest BCUT2D eigenvalue weighted by Gasteiger charge is 2.34. The first-order valence-electron chi connectivity index (χ1n) is 6.02. The van der Waals surface area contributed by atoms with Crippen molar-refractivity contribution in [3.63, 3.8) is 0 Å². The van der Waals surface area contributed by atoms with E-state index < -0.39 is 17.8 Å². The molecule has 0 radical (unpaired) electrons. The van der Waals surface area contributed by atoms with Crippen molar-refractivity contribution in [2.24, 2.45) is 0 Å². The average Bonchev–Trinajstić information content (AvgIpc) is 2.93. The number of thioether (sulfide) groups is 1. The fourth-order valence-corrected chi connectivity index (χ4v) is 3.03. The van der Waals surface area contributed by atoms with Gasteiger partial charge in [0.1, 0.15) is 11.9 Å². The second kappa shape index (κ2) is 6.26. The molecular formula is C13H12F3N3OS. The van der Waals surface area contributed by atoms with Gasteiger partial charge in [-0.1, -0.05) is 5.92 Å². The molecule has 1 aromatic rings. The van der Waals surface area contributed by atoms with Crippen LogP contribution in [-0.4, -0.2) is 35.1 Å². The summed E-state index contributed by atoms with van der Waals surface area (Å²) in [5, 5.41) is 2.57. The maximum absolute atomic E-state index is 12.5. The summed E-state index contributed by atoms with van der Waals surface area (Å²) in [5.74, 6) is 3.43. The van der Waals surface area contributed by atoms with E-state index in [1.165, 1.54) is 17.8 Å². The molecule has 0 spiro atoms. The van der Waals surface area contributed by atoms with Gasteiger partial charge < -0.3 is 10.2 Å². The Morgan fingerprint density at radius 3 is 2.90 bits per heavy atom. The lowest BCUT2D eigenvalue weighted by Gasteiger charge is -2.23. The predicted octanol–water partition coefficient (Wildman–Crippen LogP) is 1.73. The van der Waals surface area contributed by atoms with E-state index in [1.807, 2.05) is 0 Å². The van der Waals surface area contributed by atoms with Crippen molar-refractivity contribution in [3.05, 3.63) is 23.9 Å². The third-order valence-electron chi connectivity index (χ3n) is 2.92. The van der Waals surface area contributed by atoms with Gasteiger partial charge in [-0.05, 0) is 12.1 Å². The highest BCUT2D eigenvalue weighted by Crippen LogP contribution is 2.31. The molecule has 4 nitrogen and oxygen atoms in total. The van der Waals surface area contributed by atoms with Crippen molar-refractivity contribution in [3.8, 4) is 12.3 Å². The van der Waals surface area contributed by atoms with E-state index in [-0.39, 0.29) is 12.5 Å². The number of terminal acetylenes is 1. The molecule has 112 valence electrons. The molecule has 1 atom stereocenters. The van der Waals surface area contributed by atoms with E-state index in [9.17, 15) is 18.0 Å². The summed E-state index contributed by atoms with van der Waals surface area (Å²) in [6.45, 7) is 0.119. The summed E-state index contributed by atoms with van der Waals surface area (Å²) in [7, 11) is 0. The fraction of sp³-hybridized carbons (Fsp3) is 0.385. The monoisotopic (exact) mass is 315 g/mol. The number of pyridine rings is 1. The summed E-state index contributed by atoms with van der Waals surface area (Å²) >= 11 is 1.51. The van der Waals surface area contributed by atoms with Crippen LogP contribution >= 0.6 is 11.8 Å². The van der Waals surface area contributed by atoms with E-state index in [0.29, 0.717) is 17.4 Å². The Morgan fingerprint density at radius 2 is 2.33 bits per heavy atom. The standard InChI is InChI=1S/C13H12F3N3OS/c1-2-5-17-12(20)10-7-21-8-19(10)11-4-3-9(6-18-11)13(14,15)16/h1,3-4,6,10H,5,7-8H2,(H,17,20)/t10-/m0/s1. The second-order valence-electron chi connectivity index (χ2n) is 4.31. The van der Waals surface area contributed by atoms with Crippen LogP contribution in [-0.2, 0) is 11.0 Å². The summed E-state index contributed by atoms with van der Waals surface area (Å²) in [6.07, 6.45) is 1.43. The van der Waals surface area contributed by atoms with Crippen molar-refractivity contribution in [2.75, 3.05) is 23.1 Å². The van der Waals surface area contributed by atoms with Crippen LogP contribution in [0.25, 0.3) is 0 Å². The number of rotatable bonds is 3. The van der Waals surface area contributed by atoms with Crippen molar-refractivity contribution >= 4 is 23.5 Å². The van der Waals surface area contributed by atoms with Crippen LogP contribution in [0, 0.1) is 12.3 Å². The molecular weight excluding hydrogens is 303 g/mol. The molecule has 0 bridgehead atoms. The lowest BCUT2D eigenvalue weighted by atomic mass is 10.2. The molecule has 2 rings (SSSR count). The predicted molar refractivity (Wildman–Crippen MR) is 74.7 cm³/mol. The molecule has 2 heterocycles. The number of amides is 1. The summed E-state index contributed by atoms with van der Waals surface area (Å²) < 4.78 is 37.5. The number of nitrogens with zero attached hydrogens (tertiary/aromatic N) is 2. The highest BCUT2D eigenvalue weighted by molar-refractivity contribution is 7.99. The molecule has 1 aliphatic rings. The minimum absolute atomic E-state index is 0.119. The Labute approximate surface area is 124 Å². The number of carbonyl (C=O) groups excluding carboxylic acids is 1.